The van der Waals surface area contributed by atoms with Crippen LogP contribution in [0.2, 0.25) is 0 Å². The predicted molar refractivity (Wildman–Crippen MR) is 118 cm³/mol. The Morgan fingerprint density at radius 1 is 1.24 bits per heavy atom. The zero-order valence-corrected chi connectivity index (χ0v) is 19.1. The average molecular weight is 419 g/mol. The lowest BCUT2D eigenvalue weighted by Crippen LogP contribution is -2.31. The molecule has 7 heteroatoms. The standard InChI is InChI=1S/C22H34N4O2S/c1-6-18-7-9-19(10-8-18)22(25(4)5)14-23-13-21-16(2)24-26(17(21)3)20-11-12-29(27,28)15-20/h7-10,20,22-23H,6,11-15H2,1-5H3/t20-,22-/m0/s1. The van der Waals surface area contributed by atoms with E-state index in [0.29, 0.717) is 6.42 Å². The van der Waals surface area contributed by atoms with Crippen LogP contribution in [0.3, 0.4) is 0 Å². The highest BCUT2D eigenvalue weighted by Crippen LogP contribution is 2.27. The van der Waals surface area contributed by atoms with Gasteiger partial charge < -0.3 is 10.2 Å². The topological polar surface area (TPSA) is 67.2 Å². The number of hydrogen-bond donors (Lipinski definition) is 1. The smallest absolute Gasteiger partial charge is 0.152 e. The zero-order valence-electron chi connectivity index (χ0n) is 18.3. The second kappa shape index (κ2) is 8.98. The number of sulfone groups is 1. The van der Waals surface area contributed by atoms with Crippen LogP contribution in [0.15, 0.2) is 24.3 Å². The Hall–Kier alpha value is -1.70. The van der Waals surface area contributed by atoms with Crippen molar-refractivity contribution >= 4 is 9.84 Å². The molecule has 29 heavy (non-hydrogen) atoms. The van der Waals surface area contributed by atoms with E-state index in [4.69, 9.17) is 0 Å². The molecule has 1 aromatic carbocycles. The summed E-state index contributed by atoms with van der Waals surface area (Å²) in [5, 5.41) is 8.27. The normalized spacial score (nSPS) is 19.7. The third-order valence-electron chi connectivity index (χ3n) is 6.06. The van der Waals surface area contributed by atoms with Crippen LogP contribution in [0.1, 0.15) is 53.5 Å². The molecule has 160 valence electrons. The number of nitrogens with zero attached hydrogens (tertiary/aromatic N) is 3. The van der Waals surface area contributed by atoms with E-state index in [1.54, 1.807) is 0 Å². The first-order valence-corrected chi connectivity index (χ1v) is 12.2. The maximum Gasteiger partial charge on any atom is 0.152 e. The monoisotopic (exact) mass is 418 g/mol. The summed E-state index contributed by atoms with van der Waals surface area (Å²) in [5.74, 6) is 0.475. The van der Waals surface area contributed by atoms with Crippen molar-refractivity contribution in [3.63, 3.8) is 0 Å². The summed E-state index contributed by atoms with van der Waals surface area (Å²) < 4.78 is 25.6. The van der Waals surface area contributed by atoms with E-state index in [2.05, 4.69) is 67.5 Å². The summed E-state index contributed by atoms with van der Waals surface area (Å²) in [7, 11) is 1.29. The van der Waals surface area contributed by atoms with Gasteiger partial charge in [0.2, 0.25) is 0 Å². The lowest BCUT2D eigenvalue weighted by atomic mass is 10.0. The van der Waals surface area contributed by atoms with Crippen molar-refractivity contribution in [2.24, 2.45) is 0 Å². The fraction of sp³-hybridized carbons (Fsp3) is 0.591. The third-order valence-corrected chi connectivity index (χ3v) is 7.82. The number of aryl methyl sites for hydroxylation is 2. The molecule has 1 aromatic heterocycles. The minimum atomic E-state index is -2.92. The minimum absolute atomic E-state index is 0.0287. The van der Waals surface area contributed by atoms with Crippen LogP contribution >= 0.6 is 0 Å². The lowest BCUT2D eigenvalue weighted by Gasteiger charge is -2.25. The van der Waals surface area contributed by atoms with Gasteiger partial charge in [0.15, 0.2) is 9.84 Å². The van der Waals surface area contributed by atoms with E-state index in [-0.39, 0.29) is 23.6 Å². The molecule has 0 bridgehead atoms. The average Bonchev–Trinajstić information content (AvgIpc) is 3.17. The third kappa shape index (κ3) is 5.08. The van der Waals surface area contributed by atoms with E-state index < -0.39 is 9.84 Å². The highest BCUT2D eigenvalue weighted by molar-refractivity contribution is 7.91. The van der Waals surface area contributed by atoms with E-state index >= 15 is 0 Å². The highest BCUT2D eigenvalue weighted by atomic mass is 32.2. The summed E-state index contributed by atoms with van der Waals surface area (Å²) in [4.78, 5) is 2.24. The molecule has 0 amide bonds. The number of nitrogens with one attached hydrogen (secondary N) is 1. The van der Waals surface area contributed by atoms with Crippen molar-refractivity contribution in [1.82, 2.24) is 20.0 Å². The summed E-state index contributed by atoms with van der Waals surface area (Å²) in [6.45, 7) is 7.80. The molecule has 2 aromatic rings. The van der Waals surface area contributed by atoms with Gasteiger partial charge in [0, 0.05) is 30.4 Å². The number of likely N-dealkylation sites (N-methyl/N-ethyl adjacent to an activating group) is 1. The van der Waals surface area contributed by atoms with Gasteiger partial charge in [0.1, 0.15) is 0 Å². The first kappa shape index (κ1) is 22.0. The maximum atomic E-state index is 11.8. The quantitative estimate of drug-likeness (QED) is 0.714. The molecule has 1 fully saturated rings. The van der Waals surface area contributed by atoms with Crippen LogP contribution in [-0.2, 0) is 22.8 Å². The number of hydrogen-bond acceptors (Lipinski definition) is 5. The Kier molecular flexibility index (Phi) is 6.81. The molecule has 0 saturated carbocycles. The molecule has 1 aliphatic heterocycles. The Morgan fingerprint density at radius 2 is 1.93 bits per heavy atom. The van der Waals surface area contributed by atoms with Gasteiger partial charge in [-0.05, 0) is 51.9 Å². The van der Waals surface area contributed by atoms with Crippen LogP contribution in [-0.4, -0.2) is 55.2 Å². The van der Waals surface area contributed by atoms with E-state index in [1.807, 2.05) is 11.6 Å². The van der Waals surface area contributed by atoms with Gasteiger partial charge in [-0.3, -0.25) is 4.68 Å². The Bertz CT molecular complexity index is 932. The van der Waals surface area contributed by atoms with Crippen LogP contribution in [0.25, 0.3) is 0 Å². The highest BCUT2D eigenvalue weighted by Gasteiger charge is 2.31. The molecule has 3 rings (SSSR count). The first-order chi connectivity index (χ1) is 13.7. The SMILES string of the molecule is CCc1ccc([C@H](CNCc2c(C)nn([C@H]3CCS(=O)(=O)C3)c2C)N(C)C)cc1. The molecule has 6 nitrogen and oxygen atoms in total. The fourth-order valence-electron chi connectivity index (χ4n) is 4.18. The molecule has 0 aliphatic carbocycles. The van der Waals surface area contributed by atoms with Crippen molar-refractivity contribution in [3.8, 4) is 0 Å². The molecule has 1 N–H and O–H groups in total. The van der Waals surface area contributed by atoms with E-state index in [9.17, 15) is 8.42 Å². The summed E-state index contributed by atoms with van der Waals surface area (Å²) >= 11 is 0. The van der Waals surface area contributed by atoms with Gasteiger partial charge in [-0.25, -0.2) is 8.42 Å². The van der Waals surface area contributed by atoms with Crippen LogP contribution in [0, 0.1) is 13.8 Å². The fourth-order valence-corrected chi connectivity index (χ4v) is 5.88. The van der Waals surface area contributed by atoms with E-state index in [1.165, 1.54) is 16.7 Å². The Morgan fingerprint density at radius 3 is 2.48 bits per heavy atom. The Labute approximate surface area is 175 Å². The van der Waals surface area contributed by atoms with Crippen LogP contribution in [0.5, 0.6) is 0 Å². The first-order valence-electron chi connectivity index (χ1n) is 10.4. The second-order valence-corrected chi connectivity index (χ2v) is 10.6. The molecular weight excluding hydrogens is 384 g/mol. The van der Waals surface area contributed by atoms with Crippen LogP contribution in [0.4, 0.5) is 0 Å². The molecule has 0 radical (unpaired) electrons. The van der Waals surface area contributed by atoms with Gasteiger partial charge in [-0.15, -0.1) is 0 Å². The molecule has 0 unspecified atom stereocenters. The lowest BCUT2D eigenvalue weighted by molar-refractivity contribution is 0.288. The van der Waals surface area contributed by atoms with Crippen molar-refractivity contribution in [3.05, 3.63) is 52.3 Å². The Balaban J connectivity index is 1.67. The van der Waals surface area contributed by atoms with Gasteiger partial charge in [-0.1, -0.05) is 31.2 Å². The molecular formula is C22H34N4O2S. The molecule has 2 atom stereocenters. The van der Waals surface area contributed by atoms with Crippen molar-refractivity contribution < 1.29 is 8.42 Å². The van der Waals surface area contributed by atoms with Gasteiger partial charge in [0.05, 0.1) is 23.2 Å². The predicted octanol–water partition coefficient (Wildman–Crippen LogP) is 2.81. The number of benzene rings is 1. The minimum Gasteiger partial charge on any atom is -0.311 e. The molecule has 1 aliphatic rings. The van der Waals surface area contributed by atoms with Gasteiger partial charge >= 0.3 is 0 Å². The van der Waals surface area contributed by atoms with Crippen molar-refractivity contribution in [1.29, 1.82) is 0 Å². The molecule has 0 spiro atoms. The largest absolute Gasteiger partial charge is 0.311 e. The summed E-state index contributed by atoms with van der Waals surface area (Å²) in [5.41, 5.74) is 5.89. The van der Waals surface area contributed by atoms with Gasteiger partial charge in [0.25, 0.3) is 0 Å². The maximum absolute atomic E-state index is 11.8. The second-order valence-electron chi connectivity index (χ2n) is 8.36. The molecule has 1 saturated heterocycles. The zero-order chi connectivity index (χ0) is 21.2. The van der Waals surface area contributed by atoms with Crippen molar-refractivity contribution in [2.75, 3.05) is 32.1 Å². The van der Waals surface area contributed by atoms with Crippen molar-refractivity contribution in [2.45, 2.75) is 52.2 Å². The molecule has 2 heterocycles. The van der Waals surface area contributed by atoms with Crippen LogP contribution < -0.4 is 5.32 Å². The number of aromatic nitrogens is 2. The summed E-state index contributed by atoms with van der Waals surface area (Å²) in [6, 6.07) is 9.12. The number of rotatable bonds is 8. The van der Waals surface area contributed by atoms with E-state index in [0.717, 1.165) is 30.9 Å². The summed E-state index contributed by atoms with van der Waals surface area (Å²) in [6.07, 6.45) is 1.71. The van der Waals surface area contributed by atoms with Gasteiger partial charge in [-0.2, -0.15) is 5.10 Å².